The Bertz CT molecular complexity index is 833. The van der Waals surface area contributed by atoms with E-state index in [2.05, 4.69) is 26.0 Å². The normalized spacial score (nSPS) is 10.9. The zero-order valence-electron chi connectivity index (χ0n) is 9.83. The maximum atomic E-state index is 13.8. The molecule has 0 aliphatic rings. The SMILES string of the molecule is O=[N+]([O-])c1cccn2nc(-c3cc(Br)ccc3F)nc12. The highest BCUT2D eigenvalue weighted by atomic mass is 79.9. The fourth-order valence-electron chi connectivity index (χ4n) is 1.82. The first-order valence-corrected chi connectivity index (χ1v) is 6.31. The fourth-order valence-corrected chi connectivity index (χ4v) is 2.18. The van der Waals surface area contributed by atoms with Crippen molar-refractivity contribution in [1.82, 2.24) is 14.6 Å². The van der Waals surface area contributed by atoms with E-state index in [1.165, 1.54) is 35.0 Å². The van der Waals surface area contributed by atoms with E-state index in [1.54, 1.807) is 6.07 Å². The number of rotatable bonds is 2. The van der Waals surface area contributed by atoms with Crippen LogP contribution in [0.25, 0.3) is 17.0 Å². The molecule has 0 aliphatic heterocycles. The molecule has 0 N–H and O–H groups in total. The number of nitrogens with zero attached hydrogens (tertiary/aromatic N) is 4. The molecule has 0 spiro atoms. The van der Waals surface area contributed by atoms with Crippen molar-refractivity contribution in [3.8, 4) is 11.4 Å². The lowest BCUT2D eigenvalue weighted by atomic mass is 10.2. The zero-order chi connectivity index (χ0) is 14.3. The Balaban J connectivity index is 2.26. The summed E-state index contributed by atoms with van der Waals surface area (Å²) in [5.41, 5.74) is 0.0749. The first-order chi connectivity index (χ1) is 9.56. The third-order valence-electron chi connectivity index (χ3n) is 2.71. The van der Waals surface area contributed by atoms with Crippen LogP contribution < -0.4 is 0 Å². The van der Waals surface area contributed by atoms with E-state index < -0.39 is 10.7 Å². The highest BCUT2D eigenvalue weighted by Gasteiger charge is 2.18. The van der Waals surface area contributed by atoms with Gasteiger partial charge >= 0.3 is 5.69 Å². The summed E-state index contributed by atoms with van der Waals surface area (Å²) in [5, 5.41) is 15.0. The average Bonchev–Trinajstić information content (AvgIpc) is 2.84. The number of aromatic nitrogens is 3. The van der Waals surface area contributed by atoms with Crippen LogP contribution in [0.4, 0.5) is 10.1 Å². The van der Waals surface area contributed by atoms with Gasteiger partial charge in [0.25, 0.3) is 0 Å². The molecule has 6 nitrogen and oxygen atoms in total. The Morgan fingerprint density at radius 2 is 2.15 bits per heavy atom. The van der Waals surface area contributed by atoms with E-state index in [-0.39, 0.29) is 22.7 Å². The van der Waals surface area contributed by atoms with Crippen LogP contribution >= 0.6 is 15.9 Å². The molecule has 0 radical (unpaired) electrons. The molecule has 0 fully saturated rings. The molecule has 1 aromatic carbocycles. The predicted molar refractivity (Wildman–Crippen MR) is 72.7 cm³/mol. The molecule has 0 saturated carbocycles. The number of fused-ring (bicyclic) bond motifs is 1. The Morgan fingerprint density at radius 1 is 1.35 bits per heavy atom. The van der Waals surface area contributed by atoms with Crippen LogP contribution in [0, 0.1) is 15.9 Å². The smallest absolute Gasteiger partial charge is 0.258 e. The minimum absolute atomic E-state index is 0.0758. The van der Waals surface area contributed by atoms with Crippen molar-refractivity contribution >= 4 is 27.3 Å². The van der Waals surface area contributed by atoms with Gasteiger partial charge in [0.15, 0.2) is 5.82 Å². The molecule has 0 aliphatic carbocycles. The summed E-state index contributed by atoms with van der Waals surface area (Å²) in [7, 11) is 0. The molecule has 2 aromatic heterocycles. The molecule has 3 rings (SSSR count). The third kappa shape index (κ3) is 2.03. The van der Waals surface area contributed by atoms with Gasteiger partial charge in [-0.15, -0.1) is 5.10 Å². The van der Waals surface area contributed by atoms with Crippen molar-refractivity contribution in [2.24, 2.45) is 0 Å². The van der Waals surface area contributed by atoms with Crippen LogP contribution in [-0.2, 0) is 0 Å². The molecular weight excluding hydrogens is 331 g/mol. The zero-order valence-corrected chi connectivity index (χ0v) is 11.4. The van der Waals surface area contributed by atoms with Crippen molar-refractivity contribution < 1.29 is 9.31 Å². The van der Waals surface area contributed by atoms with E-state index >= 15 is 0 Å². The van der Waals surface area contributed by atoms with Crippen LogP contribution in [0.2, 0.25) is 0 Å². The Labute approximate surface area is 120 Å². The standard InChI is InChI=1S/C12H6BrFN4O2/c13-7-3-4-9(14)8(6-7)11-15-12-10(18(19)20)2-1-5-17(12)16-11/h1-6H. The maximum Gasteiger partial charge on any atom is 0.313 e. The van der Waals surface area contributed by atoms with Gasteiger partial charge < -0.3 is 0 Å². The highest BCUT2D eigenvalue weighted by molar-refractivity contribution is 9.10. The van der Waals surface area contributed by atoms with Gasteiger partial charge in [0, 0.05) is 16.7 Å². The summed E-state index contributed by atoms with van der Waals surface area (Å²) < 4.78 is 15.7. The van der Waals surface area contributed by atoms with Crippen molar-refractivity contribution in [3.63, 3.8) is 0 Å². The van der Waals surface area contributed by atoms with Crippen LogP contribution in [0.1, 0.15) is 0 Å². The van der Waals surface area contributed by atoms with Gasteiger partial charge in [0.2, 0.25) is 5.65 Å². The second-order valence-corrected chi connectivity index (χ2v) is 4.89. The van der Waals surface area contributed by atoms with Gasteiger partial charge in [0.05, 0.1) is 10.5 Å². The van der Waals surface area contributed by atoms with E-state index in [4.69, 9.17) is 0 Å². The lowest BCUT2D eigenvalue weighted by Crippen LogP contribution is -1.93. The van der Waals surface area contributed by atoms with Crippen LogP contribution in [0.5, 0.6) is 0 Å². The lowest BCUT2D eigenvalue weighted by molar-refractivity contribution is -0.383. The topological polar surface area (TPSA) is 73.3 Å². The third-order valence-corrected chi connectivity index (χ3v) is 3.20. The summed E-state index contributed by atoms with van der Waals surface area (Å²) in [6.07, 6.45) is 1.52. The highest BCUT2D eigenvalue weighted by Crippen LogP contribution is 2.26. The Morgan fingerprint density at radius 3 is 2.90 bits per heavy atom. The minimum Gasteiger partial charge on any atom is -0.258 e. The van der Waals surface area contributed by atoms with Crippen molar-refractivity contribution in [2.75, 3.05) is 0 Å². The molecule has 8 heteroatoms. The summed E-state index contributed by atoms with van der Waals surface area (Å²) >= 11 is 3.24. The summed E-state index contributed by atoms with van der Waals surface area (Å²) in [5.74, 6) is -0.398. The van der Waals surface area contributed by atoms with Gasteiger partial charge in [-0.3, -0.25) is 10.1 Å². The van der Waals surface area contributed by atoms with Crippen molar-refractivity contribution in [2.45, 2.75) is 0 Å². The molecule has 2 heterocycles. The molecule has 0 atom stereocenters. The van der Waals surface area contributed by atoms with Gasteiger partial charge in [-0.2, -0.15) is 0 Å². The van der Waals surface area contributed by atoms with Gasteiger partial charge in [-0.1, -0.05) is 15.9 Å². The van der Waals surface area contributed by atoms with E-state index in [0.717, 1.165) is 0 Å². The largest absolute Gasteiger partial charge is 0.313 e. The molecule has 3 aromatic rings. The number of pyridine rings is 1. The second-order valence-electron chi connectivity index (χ2n) is 3.98. The van der Waals surface area contributed by atoms with Gasteiger partial charge in [-0.05, 0) is 24.3 Å². The summed E-state index contributed by atoms with van der Waals surface area (Å²) in [6.45, 7) is 0. The monoisotopic (exact) mass is 336 g/mol. The van der Waals surface area contributed by atoms with Gasteiger partial charge in [0.1, 0.15) is 5.82 Å². The van der Waals surface area contributed by atoms with E-state index in [1.807, 2.05) is 0 Å². The lowest BCUT2D eigenvalue weighted by Gasteiger charge is -1.98. The van der Waals surface area contributed by atoms with Crippen molar-refractivity contribution in [1.29, 1.82) is 0 Å². The minimum atomic E-state index is -0.551. The first kappa shape index (κ1) is 12.7. The molecular formula is C12H6BrFN4O2. The summed E-state index contributed by atoms with van der Waals surface area (Å²) in [4.78, 5) is 14.4. The maximum absolute atomic E-state index is 13.8. The summed E-state index contributed by atoms with van der Waals surface area (Å²) in [6, 6.07) is 7.17. The first-order valence-electron chi connectivity index (χ1n) is 5.51. The predicted octanol–water partition coefficient (Wildman–Crippen LogP) is 3.21. The number of benzene rings is 1. The second kappa shape index (κ2) is 4.64. The molecule has 20 heavy (non-hydrogen) atoms. The number of nitro groups is 1. The fraction of sp³-hybridized carbons (Fsp3) is 0. The number of halogens is 2. The molecule has 0 amide bonds. The molecule has 100 valence electrons. The van der Waals surface area contributed by atoms with Crippen LogP contribution in [-0.4, -0.2) is 19.5 Å². The van der Waals surface area contributed by atoms with Gasteiger partial charge in [-0.25, -0.2) is 13.9 Å². The van der Waals surface area contributed by atoms with Crippen LogP contribution in [0.3, 0.4) is 0 Å². The molecule has 0 bridgehead atoms. The Kier molecular flexibility index (Phi) is 2.94. The van der Waals surface area contributed by atoms with Crippen molar-refractivity contribution in [3.05, 3.63) is 56.9 Å². The number of hydrogen-bond acceptors (Lipinski definition) is 4. The molecule has 0 unspecified atom stereocenters. The quantitative estimate of drug-likeness (QED) is 0.532. The Hall–Kier alpha value is -2.35. The van der Waals surface area contributed by atoms with E-state index in [0.29, 0.717) is 4.47 Å². The number of hydrogen-bond donors (Lipinski definition) is 0. The van der Waals surface area contributed by atoms with E-state index in [9.17, 15) is 14.5 Å². The van der Waals surface area contributed by atoms with Crippen LogP contribution in [0.15, 0.2) is 41.0 Å². The average molecular weight is 337 g/mol. The molecule has 0 saturated heterocycles.